The molecule has 4 rings (SSSR count). The number of oxazole rings is 1. The van der Waals surface area contributed by atoms with E-state index in [-0.39, 0.29) is 30.6 Å². The van der Waals surface area contributed by atoms with E-state index in [1.165, 1.54) is 22.0 Å². The maximum absolute atomic E-state index is 13.0. The summed E-state index contributed by atoms with van der Waals surface area (Å²) < 4.78 is 43.6. The number of fused-ring (bicyclic) bond motifs is 1. The largest absolute Gasteiger partial charge is 0.420 e. The maximum atomic E-state index is 13.0. The number of halogens is 3. The number of hydrogen-bond donors (Lipinski definition) is 1. The third-order valence-corrected chi connectivity index (χ3v) is 6.44. The minimum absolute atomic E-state index is 0.0876. The molecule has 1 atom stereocenters. The average molecular weight is 477 g/mol. The fraction of sp³-hybridized carbons (Fsp3) is 0.520. The van der Waals surface area contributed by atoms with Gasteiger partial charge in [0.1, 0.15) is 0 Å². The number of rotatable bonds is 10. The summed E-state index contributed by atoms with van der Waals surface area (Å²) in [6.45, 7) is 2.53. The highest BCUT2D eigenvalue weighted by atomic mass is 19.4. The van der Waals surface area contributed by atoms with Crippen LogP contribution >= 0.6 is 0 Å². The Kier molecular flexibility index (Phi) is 7.60. The van der Waals surface area contributed by atoms with Gasteiger partial charge in [0.25, 0.3) is 6.01 Å². The number of ketones is 1. The van der Waals surface area contributed by atoms with Gasteiger partial charge >= 0.3 is 6.18 Å². The molecule has 0 amide bonds. The zero-order chi connectivity index (χ0) is 24.1. The van der Waals surface area contributed by atoms with Gasteiger partial charge in [-0.3, -0.25) is 9.69 Å². The molecule has 3 heterocycles. The molecule has 0 bridgehead atoms. The van der Waals surface area contributed by atoms with Crippen LogP contribution in [0.15, 0.2) is 41.1 Å². The van der Waals surface area contributed by atoms with Gasteiger partial charge in [-0.05, 0) is 30.4 Å². The Bertz CT molecular complexity index is 1080. The number of benzene rings is 1. The molecule has 0 radical (unpaired) electrons. The molecule has 0 aliphatic carbocycles. The highest BCUT2D eigenvalue weighted by Gasteiger charge is 2.33. The second-order valence-electron chi connectivity index (χ2n) is 9.08. The lowest BCUT2D eigenvalue weighted by Gasteiger charge is -2.34. The molecule has 2 aromatic heterocycles. The number of alkyl halides is 3. The van der Waals surface area contributed by atoms with E-state index in [4.69, 9.17) is 4.42 Å². The second kappa shape index (κ2) is 10.6. The zero-order valence-corrected chi connectivity index (χ0v) is 19.4. The van der Waals surface area contributed by atoms with Crippen molar-refractivity contribution >= 4 is 22.7 Å². The number of hydrogen-bond acceptors (Lipinski definition) is 5. The average Bonchev–Trinajstić information content (AvgIpc) is 3.45. The molecule has 184 valence electrons. The van der Waals surface area contributed by atoms with E-state index >= 15 is 0 Å². The van der Waals surface area contributed by atoms with E-state index in [1.54, 1.807) is 4.90 Å². The fourth-order valence-electron chi connectivity index (χ4n) is 4.63. The first-order valence-electron chi connectivity index (χ1n) is 11.9. The lowest BCUT2D eigenvalue weighted by Crippen LogP contribution is -2.49. The molecule has 0 spiro atoms. The highest BCUT2D eigenvalue weighted by molar-refractivity contribution is 5.93. The predicted molar refractivity (Wildman–Crippen MR) is 125 cm³/mol. The maximum Gasteiger partial charge on any atom is 0.401 e. The van der Waals surface area contributed by atoms with Crippen LogP contribution in [0, 0.1) is 5.92 Å². The van der Waals surface area contributed by atoms with Crippen LogP contribution in [0.25, 0.3) is 10.9 Å². The number of aromatic amines is 1. The number of anilines is 1. The van der Waals surface area contributed by atoms with Gasteiger partial charge in [0.2, 0.25) is 0 Å². The highest BCUT2D eigenvalue weighted by Crippen LogP contribution is 2.27. The van der Waals surface area contributed by atoms with Crippen molar-refractivity contribution in [1.29, 1.82) is 0 Å². The van der Waals surface area contributed by atoms with Crippen LogP contribution in [0.5, 0.6) is 0 Å². The molecule has 1 aliphatic heterocycles. The minimum Gasteiger partial charge on any atom is -0.420 e. The number of para-hydroxylation sites is 1. The summed E-state index contributed by atoms with van der Waals surface area (Å²) in [4.78, 5) is 23.7. The molecule has 0 saturated carbocycles. The molecule has 1 aromatic carbocycles. The third-order valence-electron chi connectivity index (χ3n) is 6.44. The molecule has 1 saturated heterocycles. The number of H-pyrrole nitrogens is 1. The molecule has 6 nitrogen and oxygen atoms in total. The van der Waals surface area contributed by atoms with Crippen molar-refractivity contribution in [3.05, 3.63) is 48.0 Å². The van der Waals surface area contributed by atoms with Crippen molar-refractivity contribution in [1.82, 2.24) is 14.9 Å². The Morgan fingerprint density at radius 2 is 1.97 bits per heavy atom. The van der Waals surface area contributed by atoms with Crippen LogP contribution in [0.4, 0.5) is 19.2 Å². The summed E-state index contributed by atoms with van der Waals surface area (Å²) in [7, 11) is 0. The Morgan fingerprint density at radius 1 is 1.21 bits per heavy atom. The number of nitrogens with one attached hydrogen (secondary N) is 1. The Morgan fingerprint density at radius 3 is 2.71 bits per heavy atom. The van der Waals surface area contributed by atoms with Gasteiger partial charge in [0, 0.05) is 49.7 Å². The first-order chi connectivity index (χ1) is 16.3. The summed E-state index contributed by atoms with van der Waals surface area (Å²) in [5.74, 6) is 0.315. The van der Waals surface area contributed by atoms with Crippen LogP contribution in [0.1, 0.15) is 48.7 Å². The lowest BCUT2D eigenvalue weighted by molar-refractivity contribution is -0.146. The summed E-state index contributed by atoms with van der Waals surface area (Å²) in [6.07, 6.45) is 3.50. The van der Waals surface area contributed by atoms with Crippen molar-refractivity contribution in [2.75, 3.05) is 37.6 Å². The molecule has 34 heavy (non-hydrogen) atoms. The smallest absolute Gasteiger partial charge is 0.401 e. The van der Waals surface area contributed by atoms with Gasteiger partial charge in [-0.15, -0.1) is 0 Å². The first kappa shape index (κ1) is 24.3. The van der Waals surface area contributed by atoms with Crippen LogP contribution < -0.4 is 4.90 Å². The molecule has 1 aliphatic rings. The molecule has 9 heteroatoms. The normalized spacial score (nSPS) is 16.3. The van der Waals surface area contributed by atoms with Gasteiger partial charge in [0.15, 0.2) is 11.5 Å². The Hall–Kier alpha value is -2.81. The van der Waals surface area contributed by atoms with Crippen LogP contribution in [-0.2, 0) is 6.42 Å². The van der Waals surface area contributed by atoms with Crippen molar-refractivity contribution in [3.63, 3.8) is 0 Å². The van der Waals surface area contributed by atoms with Crippen molar-refractivity contribution in [2.24, 2.45) is 5.92 Å². The van der Waals surface area contributed by atoms with Gasteiger partial charge in [-0.1, -0.05) is 38.0 Å². The van der Waals surface area contributed by atoms with E-state index in [0.29, 0.717) is 25.5 Å². The van der Waals surface area contributed by atoms with Crippen molar-refractivity contribution < 1.29 is 22.4 Å². The molecule has 1 fully saturated rings. The zero-order valence-electron chi connectivity index (χ0n) is 19.4. The number of unbranched alkanes of at least 4 members (excludes halogenated alkanes) is 1. The van der Waals surface area contributed by atoms with E-state index < -0.39 is 12.7 Å². The summed E-state index contributed by atoms with van der Waals surface area (Å²) in [5, 5.41) is 1.18. The number of nitrogens with zero attached hydrogens (tertiary/aromatic N) is 3. The van der Waals surface area contributed by atoms with E-state index in [2.05, 4.69) is 23.0 Å². The van der Waals surface area contributed by atoms with Crippen LogP contribution in [0.3, 0.4) is 0 Å². The molecule has 3 aromatic rings. The van der Waals surface area contributed by atoms with E-state index in [9.17, 15) is 18.0 Å². The number of piperazine rings is 1. The van der Waals surface area contributed by atoms with Gasteiger partial charge < -0.3 is 14.3 Å². The van der Waals surface area contributed by atoms with E-state index in [0.717, 1.165) is 31.2 Å². The summed E-state index contributed by atoms with van der Waals surface area (Å²) >= 11 is 0. The fourth-order valence-corrected chi connectivity index (χ4v) is 4.63. The summed E-state index contributed by atoms with van der Waals surface area (Å²) in [5.41, 5.74) is 2.30. The Labute approximate surface area is 197 Å². The van der Waals surface area contributed by atoms with Crippen molar-refractivity contribution in [3.8, 4) is 0 Å². The number of carbonyl (C=O) groups is 1. The topological polar surface area (TPSA) is 65.4 Å². The first-order valence-corrected chi connectivity index (χ1v) is 11.9. The molecular formula is C25H31F3N4O2. The minimum atomic E-state index is -4.20. The molecule has 1 unspecified atom stereocenters. The SMILES string of the molecule is CCCCC(CC(=O)c1cnc(N2CCN(CC(F)(F)F)CC2)o1)Cc1c[nH]c2ccccc12. The predicted octanol–water partition coefficient (Wildman–Crippen LogP) is 5.46. The van der Waals surface area contributed by atoms with Crippen LogP contribution in [0.2, 0.25) is 0 Å². The lowest BCUT2D eigenvalue weighted by atomic mass is 9.89. The quantitative estimate of drug-likeness (QED) is 0.394. The van der Waals surface area contributed by atoms with Gasteiger partial charge in [-0.25, -0.2) is 4.98 Å². The monoisotopic (exact) mass is 476 g/mol. The van der Waals surface area contributed by atoms with Crippen molar-refractivity contribution in [2.45, 2.75) is 45.2 Å². The molecular weight excluding hydrogens is 445 g/mol. The number of aromatic nitrogens is 2. The second-order valence-corrected chi connectivity index (χ2v) is 9.08. The van der Waals surface area contributed by atoms with Gasteiger partial charge in [0.05, 0.1) is 12.7 Å². The van der Waals surface area contributed by atoms with Crippen LogP contribution in [-0.4, -0.2) is 59.6 Å². The summed E-state index contributed by atoms with van der Waals surface area (Å²) in [6, 6.07) is 8.46. The van der Waals surface area contributed by atoms with Gasteiger partial charge in [-0.2, -0.15) is 13.2 Å². The molecule has 1 N–H and O–H groups in total. The van der Waals surface area contributed by atoms with E-state index in [1.807, 2.05) is 24.4 Å². The number of Topliss-reactive ketones (excluding diaryl/α,β-unsaturated/α-hetero) is 1. The standard InChI is InChI=1S/C25H31F3N4O2/c1-2-3-6-18(13-19-15-29-21-8-5-4-7-20(19)21)14-22(33)23-16-30-24(34-23)32-11-9-31(10-12-32)17-25(26,27)28/h4-5,7-8,15-16,18,29H,2-3,6,9-14,17H2,1H3. The Balaban J connectivity index is 1.37. The third kappa shape index (κ3) is 6.20. The number of carbonyl (C=O) groups excluding carboxylic acids is 1.